The van der Waals surface area contributed by atoms with Gasteiger partial charge in [-0.1, -0.05) is 0 Å². The van der Waals surface area contributed by atoms with Crippen LogP contribution in [0, 0.1) is 5.92 Å². The largest absolute Gasteiger partial charge is 0.381 e. The van der Waals surface area contributed by atoms with Crippen molar-refractivity contribution in [3.05, 3.63) is 42.6 Å². The second-order valence-electron chi connectivity index (χ2n) is 8.58. The van der Waals surface area contributed by atoms with E-state index in [2.05, 4.69) is 25.6 Å². The molecule has 0 saturated carbocycles. The standard InChI is InChI=1S/C24H28N6O2/c31-23(16-3-7-32-8-4-16)11-20-10-17-9-18(12-28-21(17)14-27-20)22-13-26-15-24(30-22)29-19-1-5-25-6-2-19/h9-10,12-16,19,25H,1-8,11H2,(H,29,30). The van der Waals surface area contributed by atoms with E-state index in [9.17, 15) is 4.79 Å². The number of carbonyl (C=O) groups is 1. The van der Waals surface area contributed by atoms with Crippen molar-refractivity contribution in [3.8, 4) is 11.3 Å². The number of ketones is 1. The molecule has 2 saturated heterocycles. The molecule has 0 radical (unpaired) electrons. The maximum Gasteiger partial charge on any atom is 0.145 e. The van der Waals surface area contributed by atoms with Gasteiger partial charge in [0, 0.05) is 54.4 Å². The molecular formula is C24H28N6O2. The van der Waals surface area contributed by atoms with Crippen LogP contribution < -0.4 is 10.6 Å². The Hall–Kier alpha value is -2.97. The molecule has 0 spiro atoms. The lowest BCUT2D eigenvalue weighted by Crippen LogP contribution is -2.35. The van der Waals surface area contributed by atoms with E-state index in [0.29, 0.717) is 25.7 Å². The Kier molecular flexibility index (Phi) is 6.31. The molecule has 166 valence electrons. The monoisotopic (exact) mass is 432 g/mol. The first-order valence-corrected chi connectivity index (χ1v) is 11.4. The Morgan fingerprint density at radius 1 is 1.03 bits per heavy atom. The summed E-state index contributed by atoms with van der Waals surface area (Å²) in [4.78, 5) is 30.8. The minimum atomic E-state index is 0.0798. The number of nitrogens with one attached hydrogen (secondary N) is 2. The van der Waals surface area contributed by atoms with Crippen molar-refractivity contribution in [2.75, 3.05) is 31.6 Å². The summed E-state index contributed by atoms with van der Waals surface area (Å²) in [6.45, 7) is 3.38. The average Bonchev–Trinajstić information content (AvgIpc) is 2.85. The number of hydrogen-bond donors (Lipinski definition) is 2. The third kappa shape index (κ3) is 4.92. The fourth-order valence-electron chi connectivity index (χ4n) is 4.41. The molecule has 3 aromatic rings. The van der Waals surface area contributed by atoms with E-state index in [1.165, 1.54) is 0 Å². The summed E-state index contributed by atoms with van der Waals surface area (Å²) < 4.78 is 5.37. The van der Waals surface area contributed by atoms with Crippen molar-refractivity contribution >= 4 is 22.5 Å². The van der Waals surface area contributed by atoms with Crippen LogP contribution in [0.25, 0.3) is 22.2 Å². The number of hydrogen-bond acceptors (Lipinski definition) is 8. The number of carbonyl (C=O) groups excluding carboxylic acids is 1. The summed E-state index contributed by atoms with van der Waals surface area (Å²) in [6, 6.07) is 4.43. The van der Waals surface area contributed by atoms with Crippen molar-refractivity contribution in [2.45, 2.75) is 38.1 Å². The summed E-state index contributed by atoms with van der Waals surface area (Å²) >= 11 is 0. The number of anilines is 1. The van der Waals surface area contributed by atoms with Crippen molar-refractivity contribution in [1.82, 2.24) is 25.3 Å². The van der Waals surface area contributed by atoms with E-state index < -0.39 is 0 Å². The molecule has 0 aliphatic carbocycles. The lowest BCUT2D eigenvalue weighted by molar-refractivity contribution is -0.125. The molecule has 8 heteroatoms. The van der Waals surface area contributed by atoms with Crippen molar-refractivity contribution in [1.29, 1.82) is 0 Å². The summed E-state index contributed by atoms with van der Waals surface area (Å²) in [5.41, 5.74) is 3.25. The van der Waals surface area contributed by atoms with Gasteiger partial charge in [-0.05, 0) is 50.9 Å². The van der Waals surface area contributed by atoms with Crippen LogP contribution in [-0.2, 0) is 16.0 Å². The third-order valence-corrected chi connectivity index (χ3v) is 6.28. The molecule has 0 bridgehead atoms. The minimum absolute atomic E-state index is 0.0798. The second-order valence-corrected chi connectivity index (χ2v) is 8.58. The molecule has 3 aromatic heterocycles. The zero-order valence-corrected chi connectivity index (χ0v) is 18.1. The molecule has 8 nitrogen and oxygen atoms in total. The highest BCUT2D eigenvalue weighted by Gasteiger charge is 2.22. The van der Waals surface area contributed by atoms with Crippen LogP contribution >= 0.6 is 0 Å². The second kappa shape index (κ2) is 9.67. The molecule has 0 unspecified atom stereocenters. The first kappa shape index (κ1) is 20.9. The lowest BCUT2D eigenvalue weighted by atomic mass is 9.92. The number of fused-ring (bicyclic) bond motifs is 1. The molecular weight excluding hydrogens is 404 g/mol. The number of Topliss-reactive ketones (excluding diaryl/α,β-unsaturated/α-hetero) is 1. The first-order chi connectivity index (χ1) is 15.7. The van der Waals surface area contributed by atoms with Crippen LogP contribution in [0.1, 0.15) is 31.4 Å². The first-order valence-electron chi connectivity index (χ1n) is 11.4. The number of nitrogens with zero attached hydrogens (tertiary/aromatic N) is 4. The van der Waals surface area contributed by atoms with Gasteiger partial charge in [0.25, 0.3) is 0 Å². The van der Waals surface area contributed by atoms with Gasteiger partial charge in [0.1, 0.15) is 11.6 Å². The predicted octanol–water partition coefficient (Wildman–Crippen LogP) is 2.79. The number of rotatable bonds is 6. The van der Waals surface area contributed by atoms with E-state index >= 15 is 0 Å². The number of piperidine rings is 1. The van der Waals surface area contributed by atoms with E-state index in [1.807, 2.05) is 12.1 Å². The fourth-order valence-corrected chi connectivity index (χ4v) is 4.41. The normalized spacial score (nSPS) is 18.0. The summed E-state index contributed by atoms with van der Waals surface area (Å²) in [7, 11) is 0. The number of pyridine rings is 2. The van der Waals surface area contributed by atoms with Crippen molar-refractivity contribution in [2.24, 2.45) is 5.92 Å². The van der Waals surface area contributed by atoms with Crippen LogP contribution in [0.4, 0.5) is 5.82 Å². The van der Waals surface area contributed by atoms with Crippen molar-refractivity contribution < 1.29 is 9.53 Å². The number of ether oxygens (including phenoxy) is 1. The fraction of sp³-hybridized carbons (Fsp3) is 0.458. The number of aromatic nitrogens is 4. The highest BCUT2D eigenvalue weighted by molar-refractivity contribution is 5.86. The lowest BCUT2D eigenvalue weighted by Gasteiger charge is -2.24. The summed E-state index contributed by atoms with van der Waals surface area (Å²) in [5.74, 6) is 1.11. The Balaban J connectivity index is 1.34. The predicted molar refractivity (Wildman–Crippen MR) is 122 cm³/mol. The Morgan fingerprint density at radius 3 is 2.72 bits per heavy atom. The van der Waals surface area contributed by atoms with Gasteiger partial charge >= 0.3 is 0 Å². The van der Waals surface area contributed by atoms with Gasteiger partial charge in [-0.2, -0.15) is 0 Å². The molecule has 5 rings (SSSR count). The van der Waals surface area contributed by atoms with Gasteiger partial charge in [0.05, 0.1) is 29.8 Å². The van der Waals surface area contributed by atoms with Gasteiger partial charge in [-0.25, -0.2) is 4.98 Å². The molecule has 0 amide bonds. The minimum Gasteiger partial charge on any atom is -0.381 e. The van der Waals surface area contributed by atoms with Crippen molar-refractivity contribution in [3.63, 3.8) is 0 Å². The smallest absolute Gasteiger partial charge is 0.145 e. The highest BCUT2D eigenvalue weighted by Crippen LogP contribution is 2.24. The van der Waals surface area contributed by atoms with Crippen LogP contribution in [0.2, 0.25) is 0 Å². The summed E-state index contributed by atoms with van der Waals surface area (Å²) in [6.07, 6.45) is 11.2. The molecule has 2 fully saturated rings. The van der Waals surface area contributed by atoms with Gasteiger partial charge in [-0.15, -0.1) is 0 Å². The third-order valence-electron chi connectivity index (χ3n) is 6.28. The Bertz CT molecular complexity index is 1090. The zero-order valence-electron chi connectivity index (χ0n) is 18.1. The zero-order chi connectivity index (χ0) is 21.8. The molecule has 2 aliphatic heterocycles. The van der Waals surface area contributed by atoms with Gasteiger partial charge < -0.3 is 15.4 Å². The Morgan fingerprint density at radius 2 is 1.88 bits per heavy atom. The van der Waals surface area contributed by atoms with Crippen LogP contribution in [0.15, 0.2) is 36.9 Å². The maximum absolute atomic E-state index is 12.7. The molecule has 0 aromatic carbocycles. The van der Waals surface area contributed by atoms with E-state index in [1.54, 1.807) is 24.8 Å². The maximum atomic E-state index is 12.7. The SMILES string of the molecule is O=C(Cc1cc2cc(-c3cncc(NC4CCNCC4)n3)cnc2cn1)C1CCOCC1. The van der Waals surface area contributed by atoms with Crippen LogP contribution in [0.3, 0.4) is 0 Å². The van der Waals surface area contributed by atoms with Gasteiger partial charge in [-0.3, -0.25) is 19.7 Å². The van der Waals surface area contributed by atoms with Gasteiger partial charge in [0.15, 0.2) is 0 Å². The topological polar surface area (TPSA) is 102 Å². The van der Waals surface area contributed by atoms with E-state index in [0.717, 1.165) is 72.4 Å². The molecule has 2 N–H and O–H groups in total. The average molecular weight is 433 g/mol. The molecule has 5 heterocycles. The van der Waals surface area contributed by atoms with Crippen LogP contribution in [-0.4, -0.2) is 58.1 Å². The van der Waals surface area contributed by atoms with E-state index in [4.69, 9.17) is 9.72 Å². The Labute approximate surface area is 187 Å². The quantitative estimate of drug-likeness (QED) is 0.613. The highest BCUT2D eigenvalue weighted by atomic mass is 16.5. The van der Waals surface area contributed by atoms with Gasteiger partial charge in [0.2, 0.25) is 0 Å². The van der Waals surface area contributed by atoms with Crippen LogP contribution in [0.5, 0.6) is 0 Å². The molecule has 32 heavy (non-hydrogen) atoms. The molecule has 2 aliphatic rings. The van der Waals surface area contributed by atoms with E-state index in [-0.39, 0.29) is 11.7 Å². The molecule has 0 atom stereocenters. The summed E-state index contributed by atoms with van der Waals surface area (Å²) in [5, 5.41) is 7.82.